The van der Waals surface area contributed by atoms with Crippen molar-refractivity contribution in [2.45, 2.75) is 0 Å². The summed E-state index contributed by atoms with van der Waals surface area (Å²) in [6, 6.07) is 59.5. The van der Waals surface area contributed by atoms with Crippen LogP contribution in [0.4, 0.5) is 0 Å². The van der Waals surface area contributed by atoms with Crippen LogP contribution in [0.15, 0.2) is 164 Å². The fourth-order valence-electron chi connectivity index (χ4n) is 9.97. The van der Waals surface area contributed by atoms with Crippen LogP contribution in [0.25, 0.3) is 125 Å². The van der Waals surface area contributed by atoms with Gasteiger partial charge in [0.15, 0.2) is 5.82 Å². The molecule has 0 aliphatic heterocycles. The molecule has 56 heavy (non-hydrogen) atoms. The van der Waals surface area contributed by atoms with Gasteiger partial charge in [0.1, 0.15) is 0 Å². The van der Waals surface area contributed by atoms with Gasteiger partial charge < -0.3 is 4.40 Å². The van der Waals surface area contributed by atoms with Crippen molar-refractivity contribution in [3.8, 4) is 11.8 Å². The number of thiophene rings is 1. The summed E-state index contributed by atoms with van der Waals surface area (Å²) in [4.78, 5) is 11.3. The molecule has 0 unspecified atom stereocenters. The van der Waals surface area contributed by atoms with Gasteiger partial charge in [-0.15, -0.1) is 11.3 Å². The summed E-state index contributed by atoms with van der Waals surface area (Å²) in [6.07, 6.45) is 0. The summed E-state index contributed by atoms with van der Waals surface area (Å²) in [6.45, 7) is 0. The fraction of sp³-hybridized carbons (Fsp3) is 0. The highest BCUT2D eigenvalue weighted by Crippen LogP contribution is 2.48. The van der Waals surface area contributed by atoms with Crippen molar-refractivity contribution >= 4 is 124 Å². The Morgan fingerprint density at radius 2 is 0.982 bits per heavy atom. The Hall–Kier alpha value is -7.28. The van der Waals surface area contributed by atoms with E-state index in [0.29, 0.717) is 5.95 Å². The largest absolute Gasteiger partial charge is 0.308 e. The molecule has 14 aromatic rings. The van der Waals surface area contributed by atoms with Crippen LogP contribution in [0.5, 0.6) is 0 Å². The summed E-state index contributed by atoms with van der Waals surface area (Å²) in [7, 11) is 0. The monoisotopic (exact) mass is 729 g/mol. The lowest BCUT2D eigenvalue weighted by atomic mass is 9.99. The second-order valence-electron chi connectivity index (χ2n) is 14.9. The van der Waals surface area contributed by atoms with Gasteiger partial charge in [-0.05, 0) is 53.2 Å². The minimum Gasteiger partial charge on any atom is -0.308 e. The second-order valence-corrected chi connectivity index (χ2v) is 16.0. The van der Waals surface area contributed by atoms with E-state index in [1.54, 1.807) is 11.3 Å². The van der Waals surface area contributed by atoms with Crippen molar-refractivity contribution in [3.63, 3.8) is 0 Å². The number of nitrogens with zero attached hydrogens (tertiary/aromatic N) is 5. The molecule has 8 aromatic carbocycles. The molecule has 0 aliphatic rings. The first kappa shape index (κ1) is 29.1. The Labute approximate surface area is 321 Å². The van der Waals surface area contributed by atoms with Gasteiger partial charge >= 0.3 is 0 Å². The molecule has 6 aromatic heterocycles. The Morgan fingerprint density at radius 1 is 0.393 bits per heavy atom. The lowest BCUT2D eigenvalue weighted by Gasteiger charge is -2.12. The third-order valence-corrected chi connectivity index (χ3v) is 13.3. The van der Waals surface area contributed by atoms with E-state index in [1.165, 1.54) is 75.1 Å². The minimum atomic E-state index is 0.663. The Balaban J connectivity index is 1.22. The summed E-state index contributed by atoms with van der Waals surface area (Å²) in [5, 5.41) is 13.5. The third kappa shape index (κ3) is 3.47. The molecule has 0 bridgehead atoms. The molecule has 0 aliphatic carbocycles. The lowest BCUT2D eigenvalue weighted by molar-refractivity contribution is 0.977. The van der Waals surface area contributed by atoms with Crippen molar-refractivity contribution < 1.29 is 0 Å². The van der Waals surface area contributed by atoms with Gasteiger partial charge in [0.05, 0.1) is 48.8 Å². The number of benzene rings is 8. The van der Waals surface area contributed by atoms with Crippen LogP contribution < -0.4 is 0 Å². The standard InChI is InChI=1S/C50H27N5S/c1-2-14-29-28(13-1)25-26-40-43(29)35-27-41-44(45-33-18-6-10-22-38(33)53(40)47(35)45)32-17-5-11-23-39(32)55(41)50-51-46-34-19-7-12-24-42(34)56-48(46)49(52-50)54-36-20-8-3-15-30(36)31-16-4-9-21-37(31)54/h1-27H. The summed E-state index contributed by atoms with van der Waals surface area (Å²) < 4.78 is 9.46. The molecule has 0 radical (unpaired) electrons. The van der Waals surface area contributed by atoms with Gasteiger partial charge in [0.25, 0.3) is 0 Å². The average molecular weight is 730 g/mol. The zero-order valence-electron chi connectivity index (χ0n) is 29.7. The molecule has 0 atom stereocenters. The molecule has 6 heteroatoms. The summed E-state index contributed by atoms with van der Waals surface area (Å²) in [5.41, 5.74) is 9.13. The van der Waals surface area contributed by atoms with Crippen molar-refractivity contribution in [1.29, 1.82) is 0 Å². The molecule has 6 heterocycles. The van der Waals surface area contributed by atoms with Crippen molar-refractivity contribution in [1.82, 2.24) is 23.5 Å². The number of para-hydroxylation sites is 4. The predicted molar refractivity (Wildman–Crippen MR) is 236 cm³/mol. The van der Waals surface area contributed by atoms with Crippen molar-refractivity contribution in [2.24, 2.45) is 0 Å². The molecular formula is C50H27N5S. The maximum absolute atomic E-state index is 5.69. The third-order valence-electron chi connectivity index (χ3n) is 12.2. The molecule has 0 fully saturated rings. The van der Waals surface area contributed by atoms with Gasteiger partial charge in [0, 0.05) is 53.2 Å². The number of hydrogen-bond donors (Lipinski definition) is 0. The van der Waals surface area contributed by atoms with E-state index >= 15 is 0 Å². The minimum absolute atomic E-state index is 0.663. The lowest BCUT2D eigenvalue weighted by Crippen LogP contribution is -2.06. The average Bonchev–Trinajstić information content (AvgIpc) is 4.05. The molecular weight excluding hydrogens is 703 g/mol. The van der Waals surface area contributed by atoms with E-state index in [2.05, 4.69) is 177 Å². The van der Waals surface area contributed by atoms with E-state index in [4.69, 9.17) is 9.97 Å². The van der Waals surface area contributed by atoms with Crippen LogP contribution in [-0.4, -0.2) is 23.5 Å². The number of fused-ring (bicyclic) bond motifs is 18. The molecule has 258 valence electrons. The van der Waals surface area contributed by atoms with Gasteiger partial charge in [-0.3, -0.25) is 9.13 Å². The van der Waals surface area contributed by atoms with Crippen molar-refractivity contribution in [3.05, 3.63) is 164 Å². The van der Waals surface area contributed by atoms with E-state index in [0.717, 1.165) is 43.5 Å². The van der Waals surface area contributed by atoms with E-state index in [9.17, 15) is 0 Å². The van der Waals surface area contributed by atoms with Crippen LogP contribution in [-0.2, 0) is 0 Å². The Morgan fingerprint density at radius 3 is 1.73 bits per heavy atom. The highest BCUT2D eigenvalue weighted by atomic mass is 32.1. The molecule has 0 spiro atoms. The summed E-state index contributed by atoms with van der Waals surface area (Å²) in [5.74, 6) is 1.56. The summed E-state index contributed by atoms with van der Waals surface area (Å²) >= 11 is 1.77. The van der Waals surface area contributed by atoms with Gasteiger partial charge in [0.2, 0.25) is 5.95 Å². The maximum Gasteiger partial charge on any atom is 0.237 e. The molecule has 0 amide bonds. The Kier molecular flexibility index (Phi) is 5.34. The van der Waals surface area contributed by atoms with Crippen LogP contribution in [0, 0.1) is 0 Å². The number of hydrogen-bond acceptors (Lipinski definition) is 3. The highest BCUT2D eigenvalue weighted by Gasteiger charge is 2.27. The molecule has 14 rings (SSSR count). The Bertz CT molecular complexity index is 3960. The number of aromatic nitrogens is 5. The zero-order valence-corrected chi connectivity index (χ0v) is 30.5. The first-order valence-corrected chi connectivity index (χ1v) is 19.8. The van der Waals surface area contributed by atoms with E-state index in [1.807, 2.05) is 0 Å². The van der Waals surface area contributed by atoms with E-state index in [-0.39, 0.29) is 0 Å². The van der Waals surface area contributed by atoms with Crippen LogP contribution >= 0.6 is 11.3 Å². The first-order chi connectivity index (χ1) is 27.8. The number of rotatable bonds is 2. The molecule has 0 saturated heterocycles. The molecule has 5 nitrogen and oxygen atoms in total. The van der Waals surface area contributed by atoms with Crippen LogP contribution in [0.3, 0.4) is 0 Å². The fourth-order valence-corrected chi connectivity index (χ4v) is 11.1. The van der Waals surface area contributed by atoms with Gasteiger partial charge in [-0.2, -0.15) is 4.98 Å². The topological polar surface area (TPSA) is 40.0 Å². The molecule has 0 N–H and O–H groups in total. The first-order valence-electron chi connectivity index (χ1n) is 19.0. The second kappa shape index (κ2) is 10.3. The smallest absolute Gasteiger partial charge is 0.237 e. The van der Waals surface area contributed by atoms with Crippen LogP contribution in [0.1, 0.15) is 0 Å². The van der Waals surface area contributed by atoms with Crippen LogP contribution in [0.2, 0.25) is 0 Å². The van der Waals surface area contributed by atoms with E-state index < -0.39 is 0 Å². The van der Waals surface area contributed by atoms with Crippen molar-refractivity contribution in [2.75, 3.05) is 0 Å². The zero-order chi connectivity index (χ0) is 36.2. The highest BCUT2D eigenvalue weighted by molar-refractivity contribution is 7.26. The van der Waals surface area contributed by atoms with Gasteiger partial charge in [-0.1, -0.05) is 121 Å². The normalized spacial score (nSPS) is 12.6. The maximum atomic E-state index is 5.69. The quantitative estimate of drug-likeness (QED) is 0.178. The molecule has 0 saturated carbocycles. The predicted octanol–water partition coefficient (Wildman–Crippen LogP) is 13.3. The van der Waals surface area contributed by atoms with Gasteiger partial charge in [-0.25, -0.2) is 4.98 Å². The SMILES string of the molecule is c1ccc2c(c1)ccc1c2c2cc3c(c4ccccc4n3-c3nc(-n4c5ccccc5c5ccccc54)c4sc5ccccc5c4n3)c3c4ccccc4n1c23.